The van der Waals surface area contributed by atoms with Crippen molar-refractivity contribution in [1.29, 1.82) is 0 Å². The van der Waals surface area contributed by atoms with Crippen LogP contribution in [0.4, 0.5) is 17.1 Å². The van der Waals surface area contributed by atoms with E-state index in [4.69, 9.17) is 4.74 Å². The Morgan fingerprint density at radius 1 is 0.387 bits per heavy atom. The normalized spacial score (nSPS) is 14.8. The van der Waals surface area contributed by atoms with Gasteiger partial charge in [-0.15, -0.1) is 0 Å². The number of anilines is 3. The molecule has 0 fully saturated rings. The summed E-state index contributed by atoms with van der Waals surface area (Å²) in [6, 6.07) is 65.9. The second kappa shape index (κ2) is 13.4. The second-order valence-electron chi connectivity index (χ2n) is 20.2. The van der Waals surface area contributed by atoms with Gasteiger partial charge < -0.3 is 9.64 Å². The molecule has 0 unspecified atom stereocenters. The highest BCUT2D eigenvalue weighted by molar-refractivity contribution is 5.93. The monoisotopic (exact) mass is 803 g/mol. The lowest BCUT2D eigenvalue weighted by molar-refractivity contribution is 0.436. The molecule has 0 aromatic heterocycles. The second-order valence-corrected chi connectivity index (χ2v) is 20.2. The van der Waals surface area contributed by atoms with Gasteiger partial charge in [0.25, 0.3) is 0 Å². The Balaban J connectivity index is 1.22. The largest absolute Gasteiger partial charge is 0.457 e. The molecule has 0 saturated carbocycles. The summed E-state index contributed by atoms with van der Waals surface area (Å²) >= 11 is 0. The zero-order valence-corrected chi connectivity index (χ0v) is 37.1. The van der Waals surface area contributed by atoms with E-state index in [1.54, 1.807) is 0 Å². The Labute approximate surface area is 367 Å². The van der Waals surface area contributed by atoms with Crippen LogP contribution in [0, 0.1) is 0 Å². The minimum atomic E-state index is -0.639. The number of rotatable bonds is 4. The molecule has 2 heteroatoms. The van der Waals surface area contributed by atoms with Crippen LogP contribution in [0.15, 0.2) is 176 Å². The smallest absolute Gasteiger partial charge is 0.132 e. The molecular formula is C60H53NO. The molecule has 0 amide bonds. The van der Waals surface area contributed by atoms with E-state index >= 15 is 0 Å². The summed E-state index contributed by atoms with van der Waals surface area (Å²) in [4.78, 5) is 2.49. The fourth-order valence-corrected chi connectivity index (χ4v) is 10.8. The van der Waals surface area contributed by atoms with E-state index in [1.807, 2.05) is 0 Å². The molecule has 0 radical (unpaired) electrons. The van der Waals surface area contributed by atoms with Crippen molar-refractivity contribution in [2.45, 2.75) is 77.0 Å². The molecule has 0 atom stereocenters. The highest BCUT2D eigenvalue weighted by atomic mass is 16.5. The number of ether oxygens (including phenoxy) is 1. The standard InChI is InChI=1S/C60H53NO/c1-57(2,3)39-26-30-46-47-31-27-40(58(4,5)6)35-52(47)60(51(46)34-39)49-23-15-17-25-55(49)62-56-33-29-42(37-53(56)60)61(54-24-16-13-20-43(54)38-18-10-9-11-19-38)41-28-32-45-44-21-12-14-22-48(44)59(7,8)50(45)36-41/h9-37H,1-8H3. The zero-order chi connectivity index (χ0) is 42.8. The third-order valence-corrected chi connectivity index (χ3v) is 14.1. The quantitative estimate of drug-likeness (QED) is 0.176. The molecule has 62 heavy (non-hydrogen) atoms. The topological polar surface area (TPSA) is 12.5 Å². The first kappa shape index (κ1) is 38.3. The van der Waals surface area contributed by atoms with Crippen molar-refractivity contribution in [2.24, 2.45) is 0 Å². The van der Waals surface area contributed by atoms with E-state index in [9.17, 15) is 0 Å². The van der Waals surface area contributed by atoms with Gasteiger partial charge in [-0.3, -0.25) is 0 Å². The lowest BCUT2D eigenvalue weighted by Crippen LogP contribution is -2.33. The van der Waals surface area contributed by atoms with Gasteiger partial charge in [0.05, 0.1) is 11.1 Å². The molecular weight excluding hydrogens is 751 g/mol. The van der Waals surface area contributed by atoms with Crippen molar-refractivity contribution < 1.29 is 4.74 Å². The minimum Gasteiger partial charge on any atom is -0.457 e. The third-order valence-electron chi connectivity index (χ3n) is 14.1. The average Bonchev–Trinajstić information content (AvgIpc) is 3.68. The molecule has 304 valence electrons. The van der Waals surface area contributed by atoms with Crippen LogP contribution in [0.1, 0.15) is 99.9 Å². The summed E-state index contributed by atoms with van der Waals surface area (Å²) in [5.41, 5.74) is 20.3. The van der Waals surface area contributed by atoms with Gasteiger partial charge in [0.2, 0.25) is 0 Å². The predicted octanol–water partition coefficient (Wildman–Crippen LogP) is 16.2. The number of para-hydroxylation sites is 2. The van der Waals surface area contributed by atoms with Crippen molar-refractivity contribution in [3.8, 4) is 44.9 Å². The van der Waals surface area contributed by atoms with Crippen LogP contribution in [0.2, 0.25) is 0 Å². The first-order chi connectivity index (χ1) is 29.8. The molecule has 2 nitrogen and oxygen atoms in total. The average molecular weight is 804 g/mol. The maximum Gasteiger partial charge on any atom is 0.132 e. The van der Waals surface area contributed by atoms with E-state index in [2.05, 4.69) is 236 Å². The predicted molar refractivity (Wildman–Crippen MR) is 259 cm³/mol. The van der Waals surface area contributed by atoms with Crippen molar-refractivity contribution >= 4 is 17.1 Å². The first-order valence-corrected chi connectivity index (χ1v) is 22.2. The van der Waals surface area contributed by atoms with Crippen LogP contribution in [0.3, 0.4) is 0 Å². The van der Waals surface area contributed by atoms with Crippen LogP contribution in [-0.2, 0) is 21.7 Å². The first-order valence-electron chi connectivity index (χ1n) is 22.2. The molecule has 8 aromatic carbocycles. The van der Waals surface area contributed by atoms with E-state index in [1.165, 1.54) is 72.3 Å². The Kier molecular flexibility index (Phi) is 8.29. The van der Waals surface area contributed by atoms with Crippen LogP contribution >= 0.6 is 0 Å². The SMILES string of the molecule is CC(C)(C)c1ccc2c(c1)C1(c3ccccc3Oc3ccc(N(c4ccc5c(c4)C(C)(C)c4ccccc4-5)c4ccccc4-c4ccccc4)cc31)c1cc(C(C)(C)C)ccc1-2. The van der Waals surface area contributed by atoms with Gasteiger partial charge in [-0.05, 0) is 114 Å². The Morgan fingerprint density at radius 2 is 0.871 bits per heavy atom. The lowest BCUT2D eigenvalue weighted by atomic mass is 9.65. The highest BCUT2D eigenvalue weighted by Gasteiger charge is 2.52. The van der Waals surface area contributed by atoms with Gasteiger partial charge in [0, 0.05) is 33.5 Å². The van der Waals surface area contributed by atoms with E-state index in [0.717, 1.165) is 34.1 Å². The van der Waals surface area contributed by atoms with Crippen molar-refractivity contribution in [3.63, 3.8) is 0 Å². The van der Waals surface area contributed by atoms with Crippen LogP contribution in [0.25, 0.3) is 33.4 Å². The number of hydrogen-bond acceptors (Lipinski definition) is 2. The number of nitrogens with zero attached hydrogens (tertiary/aromatic N) is 1. The number of hydrogen-bond donors (Lipinski definition) is 0. The highest BCUT2D eigenvalue weighted by Crippen LogP contribution is 2.64. The van der Waals surface area contributed by atoms with Crippen LogP contribution < -0.4 is 9.64 Å². The minimum absolute atomic E-state index is 0.0458. The van der Waals surface area contributed by atoms with E-state index < -0.39 is 5.41 Å². The zero-order valence-electron chi connectivity index (χ0n) is 37.1. The molecule has 8 aromatic rings. The van der Waals surface area contributed by atoms with Gasteiger partial charge >= 0.3 is 0 Å². The Hall–Kier alpha value is -6.64. The van der Waals surface area contributed by atoms with Crippen LogP contribution in [0.5, 0.6) is 11.5 Å². The Morgan fingerprint density at radius 3 is 1.53 bits per heavy atom. The van der Waals surface area contributed by atoms with Crippen molar-refractivity contribution in [1.82, 2.24) is 0 Å². The van der Waals surface area contributed by atoms with Gasteiger partial charge in [-0.2, -0.15) is 0 Å². The summed E-state index contributed by atoms with van der Waals surface area (Å²) < 4.78 is 7.03. The maximum absolute atomic E-state index is 7.03. The van der Waals surface area contributed by atoms with Gasteiger partial charge in [-0.1, -0.05) is 189 Å². The molecule has 0 bridgehead atoms. The van der Waals surface area contributed by atoms with Crippen LogP contribution in [-0.4, -0.2) is 0 Å². The molecule has 1 spiro atoms. The fraction of sp³-hybridized carbons (Fsp3) is 0.200. The lowest BCUT2D eigenvalue weighted by Gasteiger charge is -2.41. The van der Waals surface area contributed by atoms with E-state index in [-0.39, 0.29) is 16.2 Å². The molecule has 3 aliphatic rings. The molecule has 0 saturated heterocycles. The van der Waals surface area contributed by atoms with Gasteiger partial charge in [-0.25, -0.2) is 0 Å². The maximum atomic E-state index is 7.03. The van der Waals surface area contributed by atoms with E-state index in [0.29, 0.717) is 0 Å². The number of fused-ring (bicyclic) bond motifs is 12. The molecule has 0 N–H and O–H groups in total. The molecule has 1 heterocycles. The van der Waals surface area contributed by atoms with Gasteiger partial charge in [0.1, 0.15) is 11.5 Å². The molecule has 1 aliphatic heterocycles. The third kappa shape index (κ3) is 5.55. The summed E-state index contributed by atoms with van der Waals surface area (Å²) in [6.45, 7) is 18.7. The molecule has 2 aliphatic carbocycles. The number of benzene rings is 8. The summed E-state index contributed by atoms with van der Waals surface area (Å²) in [5, 5.41) is 0. The summed E-state index contributed by atoms with van der Waals surface area (Å²) in [5.74, 6) is 1.79. The summed E-state index contributed by atoms with van der Waals surface area (Å²) in [6.07, 6.45) is 0. The Bertz CT molecular complexity index is 3040. The van der Waals surface area contributed by atoms with Crippen molar-refractivity contribution in [3.05, 3.63) is 220 Å². The molecule has 11 rings (SSSR count). The van der Waals surface area contributed by atoms with Gasteiger partial charge in [0.15, 0.2) is 0 Å². The fourth-order valence-electron chi connectivity index (χ4n) is 10.8. The summed E-state index contributed by atoms with van der Waals surface area (Å²) in [7, 11) is 0. The van der Waals surface area contributed by atoms with Crippen molar-refractivity contribution in [2.75, 3.05) is 4.90 Å².